The van der Waals surface area contributed by atoms with E-state index in [9.17, 15) is 0 Å². The summed E-state index contributed by atoms with van der Waals surface area (Å²) < 4.78 is 0.767. The minimum Gasteiger partial charge on any atom is -0.199 e. The summed E-state index contributed by atoms with van der Waals surface area (Å²) in [6.45, 7) is 0. The summed E-state index contributed by atoms with van der Waals surface area (Å²) in [6.07, 6.45) is 0. The van der Waals surface area contributed by atoms with E-state index in [-0.39, 0.29) is 20.1 Å². The summed E-state index contributed by atoms with van der Waals surface area (Å²) in [5, 5.41) is 13.1. The van der Waals surface area contributed by atoms with Crippen molar-refractivity contribution in [2.75, 3.05) is 0 Å². The van der Waals surface area contributed by atoms with E-state index in [1.807, 2.05) is 36.4 Å². The molecule has 0 fully saturated rings. The Labute approximate surface area is 150 Å². The maximum absolute atomic E-state index is 4.36. The minimum atomic E-state index is 0. The van der Waals surface area contributed by atoms with Gasteiger partial charge in [-0.25, -0.2) is 0 Å². The second-order valence-electron chi connectivity index (χ2n) is 4.86. The zero-order chi connectivity index (χ0) is 14.2. The number of halogens is 1. The van der Waals surface area contributed by atoms with Gasteiger partial charge in [0.2, 0.25) is 0 Å². The van der Waals surface area contributed by atoms with Gasteiger partial charge in [0, 0.05) is 31.2 Å². The van der Waals surface area contributed by atoms with E-state index in [2.05, 4.69) is 56.5 Å². The molecule has 4 heteroatoms. The normalized spacial score (nSPS) is 10.6. The molecule has 1 heterocycles. The molecule has 0 aliphatic carbocycles. The Kier molecular flexibility index (Phi) is 4.34. The maximum atomic E-state index is 4.36. The number of benzene rings is 3. The topological polar surface area (TPSA) is 25.8 Å². The number of aromatic nitrogens is 2. The predicted octanol–water partition coefficient (Wildman–Crippen LogP) is 5.01. The van der Waals surface area contributed by atoms with Gasteiger partial charge >= 0.3 is 0 Å². The molecule has 2 nitrogen and oxygen atoms in total. The molecule has 0 aliphatic rings. The first-order valence-electron chi connectivity index (χ1n) is 6.65. The van der Waals surface area contributed by atoms with Crippen molar-refractivity contribution in [1.82, 2.24) is 10.2 Å². The van der Waals surface area contributed by atoms with Gasteiger partial charge in [0.25, 0.3) is 0 Å². The Morgan fingerprint density at radius 2 is 1.50 bits per heavy atom. The van der Waals surface area contributed by atoms with Crippen molar-refractivity contribution >= 4 is 37.5 Å². The van der Waals surface area contributed by atoms with E-state index in [1.54, 1.807) is 0 Å². The summed E-state index contributed by atoms with van der Waals surface area (Å²) in [5.74, 6) is 0. The van der Waals surface area contributed by atoms with Gasteiger partial charge in [-0.2, -0.15) is 10.2 Å². The van der Waals surface area contributed by atoms with Gasteiger partial charge in [-0.3, -0.25) is 0 Å². The second kappa shape index (κ2) is 6.25. The summed E-state index contributed by atoms with van der Waals surface area (Å²) >= 11 is 3.51. The summed E-state index contributed by atoms with van der Waals surface area (Å²) in [4.78, 5) is 0. The van der Waals surface area contributed by atoms with Crippen molar-refractivity contribution in [3.05, 3.63) is 71.3 Å². The number of rotatable bonds is 1. The Morgan fingerprint density at radius 3 is 2.18 bits per heavy atom. The molecule has 109 valence electrons. The van der Waals surface area contributed by atoms with Crippen molar-refractivity contribution in [2.45, 2.75) is 0 Å². The fraction of sp³-hybridized carbons (Fsp3) is 0. The largest absolute Gasteiger partial charge is 0.199 e. The van der Waals surface area contributed by atoms with Crippen LogP contribution in [0, 0.1) is 6.07 Å². The van der Waals surface area contributed by atoms with Crippen LogP contribution < -0.4 is 0 Å². The Balaban J connectivity index is 0.00000144. The third-order valence-electron chi connectivity index (χ3n) is 3.57. The zero-order valence-electron chi connectivity index (χ0n) is 11.4. The van der Waals surface area contributed by atoms with Gasteiger partial charge < -0.3 is 0 Å². The van der Waals surface area contributed by atoms with Crippen molar-refractivity contribution in [3.63, 3.8) is 0 Å². The molecule has 4 rings (SSSR count). The van der Waals surface area contributed by atoms with Crippen LogP contribution in [0.3, 0.4) is 0 Å². The fourth-order valence-corrected chi connectivity index (χ4v) is 2.96. The molecule has 1 radical (unpaired) electrons. The first-order chi connectivity index (χ1) is 10.3. The molecule has 0 bridgehead atoms. The number of fused-ring (bicyclic) bond motifs is 2. The van der Waals surface area contributed by atoms with E-state index in [0.717, 1.165) is 26.6 Å². The molecule has 0 aliphatic heterocycles. The van der Waals surface area contributed by atoms with Crippen molar-refractivity contribution < 1.29 is 20.1 Å². The molecular formula is C18H10BrIrN2-. The molecule has 0 spiro atoms. The molecule has 0 saturated heterocycles. The molecule has 0 saturated carbocycles. The molecule has 4 aromatic rings. The summed E-state index contributed by atoms with van der Waals surface area (Å²) in [5.41, 5.74) is 1.82. The SMILES string of the molecule is Brc1nnc(-c2[c-]cccc2)c2cc3ccccc3cc12.[Ir]. The van der Waals surface area contributed by atoms with Crippen LogP contribution in [0.25, 0.3) is 32.8 Å². The quantitative estimate of drug-likeness (QED) is 0.258. The smallest absolute Gasteiger partial charge is 0.134 e. The van der Waals surface area contributed by atoms with Crippen LogP contribution in [0.2, 0.25) is 0 Å². The van der Waals surface area contributed by atoms with Crippen molar-refractivity contribution in [3.8, 4) is 11.3 Å². The molecule has 3 aromatic carbocycles. The monoisotopic (exact) mass is 526 g/mol. The molecule has 1 aromatic heterocycles. The molecule has 22 heavy (non-hydrogen) atoms. The third-order valence-corrected chi connectivity index (χ3v) is 4.15. The first kappa shape index (κ1) is 15.3. The van der Waals surface area contributed by atoms with Crippen LogP contribution in [-0.2, 0) is 20.1 Å². The fourth-order valence-electron chi connectivity index (χ4n) is 2.55. The van der Waals surface area contributed by atoms with Gasteiger partial charge in [-0.15, -0.1) is 35.9 Å². The average molecular weight is 526 g/mol. The number of nitrogens with zero attached hydrogens (tertiary/aromatic N) is 2. The average Bonchev–Trinajstić information content (AvgIpc) is 2.55. The van der Waals surface area contributed by atoms with Crippen LogP contribution in [0.4, 0.5) is 0 Å². The third kappa shape index (κ3) is 2.58. The van der Waals surface area contributed by atoms with E-state index >= 15 is 0 Å². The van der Waals surface area contributed by atoms with Crippen LogP contribution >= 0.6 is 15.9 Å². The van der Waals surface area contributed by atoms with Crippen molar-refractivity contribution in [2.24, 2.45) is 0 Å². The first-order valence-corrected chi connectivity index (χ1v) is 7.44. The second-order valence-corrected chi connectivity index (χ2v) is 5.61. The van der Waals surface area contributed by atoms with Gasteiger partial charge in [0.15, 0.2) is 0 Å². The number of hydrogen-bond donors (Lipinski definition) is 0. The van der Waals surface area contributed by atoms with Crippen LogP contribution in [0.15, 0.2) is 65.3 Å². The van der Waals surface area contributed by atoms with Gasteiger partial charge in [0.05, 0.1) is 0 Å². The van der Waals surface area contributed by atoms with Gasteiger partial charge in [0.1, 0.15) is 4.60 Å². The van der Waals surface area contributed by atoms with E-state index < -0.39 is 0 Å². The predicted molar refractivity (Wildman–Crippen MR) is 89.0 cm³/mol. The Hall–Kier alpha value is -1.61. The van der Waals surface area contributed by atoms with Crippen LogP contribution in [-0.4, -0.2) is 10.2 Å². The molecular weight excluding hydrogens is 516 g/mol. The van der Waals surface area contributed by atoms with E-state index in [4.69, 9.17) is 0 Å². The minimum absolute atomic E-state index is 0. The van der Waals surface area contributed by atoms with Crippen LogP contribution in [0.1, 0.15) is 0 Å². The number of hydrogen-bond acceptors (Lipinski definition) is 2. The van der Waals surface area contributed by atoms with Gasteiger partial charge in [-0.05, 0) is 38.2 Å². The molecule has 0 atom stereocenters. The molecule has 0 unspecified atom stereocenters. The van der Waals surface area contributed by atoms with Crippen LogP contribution in [0.5, 0.6) is 0 Å². The maximum Gasteiger partial charge on any atom is 0.134 e. The van der Waals surface area contributed by atoms with E-state index in [0.29, 0.717) is 0 Å². The Morgan fingerprint density at radius 1 is 0.818 bits per heavy atom. The van der Waals surface area contributed by atoms with Crippen molar-refractivity contribution in [1.29, 1.82) is 0 Å². The van der Waals surface area contributed by atoms with E-state index in [1.165, 1.54) is 10.8 Å². The Bertz CT molecular complexity index is 955. The molecule has 0 N–H and O–H groups in total. The summed E-state index contributed by atoms with van der Waals surface area (Å²) in [6, 6.07) is 23.7. The van der Waals surface area contributed by atoms with Gasteiger partial charge in [-0.1, -0.05) is 30.3 Å². The zero-order valence-corrected chi connectivity index (χ0v) is 15.4. The standard InChI is InChI=1S/C18H10BrN2.Ir/c19-18-16-11-14-9-5-4-8-13(14)10-15(16)17(20-21-18)12-6-2-1-3-7-12;/h1-6,8-11H;/q-1;. The summed E-state index contributed by atoms with van der Waals surface area (Å²) in [7, 11) is 0. The molecule has 0 amide bonds.